The van der Waals surface area contributed by atoms with E-state index in [1.165, 1.54) is 11.8 Å². The van der Waals surface area contributed by atoms with Gasteiger partial charge in [-0.05, 0) is 26.5 Å². The molecule has 0 amide bonds. The van der Waals surface area contributed by atoms with Gasteiger partial charge in [-0.1, -0.05) is 32.0 Å². The highest BCUT2D eigenvalue weighted by atomic mass is 32.2. The Labute approximate surface area is 165 Å². The molecule has 0 saturated heterocycles. The maximum absolute atomic E-state index is 12.9. The molecule has 1 N–H and O–H groups in total. The summed E-state index contributed by atoms with van der Waals surface area (Å²) in [6.45, 7) is 7.99. The van der Waals surface area contributed by atoms with E-state index < -0.39 is 5.92 Å². The molecule has 1 aromatic heterocycles. The van der Waals surface area contributed by atoms with Crippen molar-refractivity contribution < 1.29 is 14.3 Å². The molecule has 1 atom stereocenters. The first kappa shape index (κ1) is 21.3. The first-order chi connectivity index (χ1) is 12.9. The molecule has 0 aliphatic carbocycles. The zero-order chi connectivity index (χ0) is 20.1. The van der Waals surface area contributed by atoms with Gasteiger partial charge in [-0.3, -0.25) is 4.79 Å². The Morgan fingerprint density at radius 3 is 2.48 bits per heavy atom. The Kier molecular flexibility index (Phi) is 7.30. The van der Waals surface area contributed by atoms with Gasteiger partial charge in [0.25, 0.3) is 0 Å². The van der Waals surface area contributed by atoms with Crippen molar-refractivity contribution in [1.82, 2.24) is 14.9 Å². The van der Waals surface area contributed by atoms with Crippen LogP contribution in [0.5, 0.6) is 0 Å². The summed E-state index contributed by atoms with van der Waals surface area (Å²) in [6.07, 6.45) is 5.84. The fraction of sp³-hybridized carbons (Fsp3) is 0.550. The van der Waals surface area contributed by atoms with Gasteiger partial charge in [0.1, 0.15) is 0 Å². The maximum Gasteiger partial charge on any atom is 0.336 e. The van der Waals surface area contributed by atoms with Crippen LogP contribution in [0.25, 0.3) is 0 Å². The molecule has 27 heavy (non-hydrogen) atoms. The van der Waals surface area contributed by atoms with E-state index in [0.717, 1.165) is 35.1 Å². The minimum absolute atomic E-state index is 0.0169. The molecule has 0 aromatic carbocycles. The largest absolute Gasteiger partial charge is 0.462 e. The molecule has 0 saturated carbocycles. The van der Waals surface area contributed by atoms with Gasteiger partial charge < -0.3 is 14.6 Å². The number of ether oxygens (including phenoxy) is 1. The van der Waals surface area contributed by atoms with Crippen LogP contribution < -0.4 is 5.32 Å². The number of nitrogens with one attached hydrogen (secondary N) is 1. The summed E-state index contributed by atoms with van der Waals surface area (Å²) in [5.74, 6) is -0.839. The quantitative estimate of drug-likeness (QED) is 0.414. The van der Waals surface area contributed by atoms with Crippen molar-refractivity contribution in [3.8, 4) is 0 Å². The second-order valence-electron chi connectivity index (χ2n) is 6.63. The topological polar surface area (TPSA) is 73.2 Å². The lowest BCUT2D eigenvalue weighted by Gasteiger charge is -2.30. The number of esters is 1. The van der Waals surface area contributed by atoms with Crippen molar-refractivity contribution in [3.05, 3.63) is 34.4 Å². The lowest BCUT2D eigenvalue weighted by atomic mass is 9.80. The first-order valence-electron chi connectivity index (χ1n) is 9.31. The molecule has 0 radical (unpaired) electrons. The van der Waals surface area contributed by atoms with Gasteiger partial charge in [0.15, 0.2) is 10.9 Å². The molecule has 1 aromatic rings. The van der Waals surface area contributed by atoms with Gasteiger partial charge in [0.05, 0.1) is 30.0 Å². The number of hydrogen-bond donors (Lipinski definition) is 1. The number of imidazole rings is 1. The molecule has 1 aliphatic rings. The van der Waals surface area contributed by atoms with Crippen LogP contribution in [0.3, 0.4) is 0 Å². The van der Waals surface area contributed by atoms with Crippen molar-refractivity contribution in [2.45, 2.75) is 58.0 Å². The molecular weight excluding hydrogens is 362 g/mol. The van der Waals surface area contributed by atoms with Gasteiger partial charge in [0.2, 0.25) is 0 Å². The zero-order valence-corrected chi connectivity index (χ0v) is 17.8. The highest BCUT2D eigenvalue weighted by Gasteiger charge is 2.38. The molecule has 1 aliphatic heterocycles. The van der Waals surface area contributed by atoms with Crippen LogP contribution in [0.1, 0.15) is 58.6 Å². The van der Waals surface area contributed by atoms with Crippen LogP contribution in [0.15, 0.2) is 33.9 Å². The molecule has 1 unspecified atom stereocenters. The first-order valence-corrected chi connectivity index (χ1v) is 10.5. The summed E-state index contributed by atoms with van der Waals surface area (Å²) in [5.41, 5.74) is 3.42. The molecular formula is C20H29N3O3S. The third-order valence-corrected chi connectivity index (χ3v) is 5.54. The highest BCUT2D eigenvalue weighted by molar-refractivity contribution is 7.98. The van der Waals surface area contributed by atoms with Crippen LogP contribution in [0.2, 0.25) is 0 Å². The summed E-state index contributed by atoms with van der Waals surface area (Å²) in [5, 5.41) is 4.04. The standard InChI is InChI=1S/C20H29N3O3S/c1-7-9-10-26-19(25)17-13(4)22-12(3)16(15(24)8-2)18(17)14-11-21-20(27-6)23(14)5/h11,18,22H,7-10H2,1-6H3. The molecule has 0 fully saturated rings. The Morgan fingerprint density at radius 1 is 1.26 bits per heavy atom. The van der Waals surface area contributed by atoms with Gasteiger partial charge in [0, 0.05) is 30.4 Å². The second kappa shape index (κ2) is 9.26. The van der Waals surface area contributed by atoms with Gasteiger partial charge >= 0.3 is 5.97 Å². The number of Topliss-reactive ketones (excluding diaryl/α,β-unsaturated/α-hetero) is 1. The summed E-state index contributed by atoms with van der Waals surface area (Å²) in [7, 11) is 1.91. The number of aromatic nitrogens is 2. The monoisotopic (exact) mass is 391 g/mol. The number of unbranched alkanes of at least 4 members (excludes halogenated alkanes) is 1. The summed E-state index contributed by atoms with van der Waals surface area (Å²) >= 11 is 1.53. The van der Waals surface area contributed by atoms with Crippen LogP contribution in [-0.2, 0) is 21.4 Å². The van der Waals surface area contributed by atoms with E-state index in [1.807, 2.05) is 45.6 Å². The minimum atomic E-state index is -0.480. The fourth-order valence-corrected chi connectivity index (χ4v) is 3.91. The normalized spacial score (nSPS) is 17.2. The van der Waals surface area contributed by atoms with Gasteiger partial charge in [-0.15, -0.1) is 0 Å². The Balaban J connectivity index is 2.58. The average Bonchev–Trinajstić information content (AvgIpc) is 3.00. The van der Waals surface area contributed by atoms with E-state index in [1.54, 1.807) is 6.20 Å². The van der Waals surface area contributed by atoms with E-state index in [-0.39, 0.29) is 11.8 Å². The molecule has 148 valence electrons. The summed E-state index contributed by atoms with van der Waals surface area (Å²) < 4.78 is 7.46. The van der Waals surface area contributed by atoms with E-state index in [0.29, 0.717) is 24.2 Å². The molecule has 6 nitrogen and oxygen atoms in total. The van der Waals surface area contributed by atoms with Crippen molar-refractivity contribution in [2.24, 2.45) is 7.05 Å². The SMILES string of the molecule is CCCCOC(=O)C1=C(C)NC(C)=C(C(=O)CC)C1c1cnc(SC)n1C. The highest BCUT2D eigenvalue weighted by Crippen LogP contribution is 2.40. The lowest BCUT2D eigenvalue weighted by molar-refractivity contribution is -0.139. The number of carbonyl (C=O) groups excluding carboxylic acids is 2. The smallest absolute Gasteiger partial charge is 0.336 e. The van der Waals surface area contributed by atoms with Crippen LogP contribution >= 0.6 is 11.8 Å². The van der Waals surface area contributed by atoms with Crippen molar-refractivity contribution in [3.63, 3.8) is 0 Å². The van der Waals surface area contributed by atoms with E-state index >= 15 is 0 Å². The van der Waals surface area contributed by atoms with E-state index in [4.69, 9.17) is 4.74 Å². The Hall–Kier alpha value is -2.02. The van der Waals surface area contributed by atoms with Crippen LogP contribution in [0.4, 0.5) is 0 Å². The second-order valence-corrected chi connectivity index (χ2v) is 7.40. The van der Waals surface area contributed by atoms with Crippen molar-refractivity contribution in [2.75, 3.05) is 12.9 Å². The fourth-order valence-electron chi connectivity index (χ4n) is 3.37. The predicted octanol–water partition coefficient (Wildman–Crippen LogP) is 3.70. The number of hydrogen-bond acceptors (Lipinski definition) is 6. The van der Waals surface area contributed by atoms with Crippen molar-refractivity contribution >= 4 is 23.5 Å². The van der Waals surface area contributed by atoms with Crippen LogP contribution in [0, 0.1) is 0 Å². The number of nitrogens with zero attached hydrogens (tertiary/aromatic N) is 2. The number of ketones is 1. The Bertz CT molecular complexity index is 792. The molecule has 2 heterocycles. The number of rotatable bonds is 8. The third-order valence-electron chi connectivity index (χ3n) is 4.79. The zero-order valence-electron chi connectivity index (χ0n) is 17.0. The number of dihydropyridines is 1. The average molecular weight is 392 g/mol. The van der Waals surface area contributed by atoms with Gasteiger partial charge in [-0.2, -0.15) is 0 Å². The number of allylic oxidation sites excluding steroid dienone is 3. The van der Waals surface area contributed by atoms with Crippen molar-refractivity contribution in [1.29, 1.82) is 0 Å². The number of thioether (sulfide) groups is 1. The van der Waals surface area contributed by atoms with Gasteiger partial charge in [-0.25, -0.2) is 9.78 Å². The predicted molar refractivity (Wildman–Crippen MR) is 107 cm³/mol. The van der Waals surface area contributed by atoms with Crippen LogP contribution in [-0.4, -0.2) is 34.2 Å². The molecule has 0 bridgehead atoms. The molecule has 7 heteroatoms. The Morgan fingerprint density at radius 2 is 1.93 bits per heavy atom. The van der Waals surface area contributed by atoms with E-state index in [9.17, 15) is 9.59 Å². The molecule has 0 spiro atoms. The minimum Gasteiger partial charge on any atom is -0.462 e. The van der Waals surface area contributed by atoms with E-state index in [2.05, 4.69) is 10.3 Å². The summed E-state index contributed by atoms with van der Waals surface area (Å²) in [4.78, 5) is 30.2. The summed E-state index contributed by atoms with van der Waals surface area (Å²) in [6, 6.07) is 0. The third kappa shape index (κ3) is 4.29. The maximum atomic E-state index is 12.9. The molecule has 2 rings (SSSR count). The number of carbonyl (C=O) groups is 2. The lowest BCUT2D eigenvalue weighted by Crippen LogP contribution is -2.32.